The SMILES string of the molecule is C#C.C/C=C\C.C=Cc1cn(CCCN2C3CCC2CC(CCc2ccccc2)C3)c2ccccc12.CC/C=C/CNN. The fraction of sp³-hybridized carbons (Fsp3) is 0.436. The molecule has 0 aliphatic carbocycles. The molecule has 43 heavy (non-hydrogen) atoms. The molecule has 4 nitrogen and oxygen atoms in total. The van der Waals surface area contributed by atoms with Crippen LogP contribution >= 0.6 is 0 Å². The Labute approximate surface area is 262 Å². The van der Waals surface area contributed by atoms with Gasteiger partial charge in [0.15, 0.2) is 0 Å². The van der Waals surface area contributed by atoms with Crippen LogP contribution in [0, 0.1) is 18.8 Å². The lowest BCUT2D eigenvalue weighted by atomic mass is 9.86. The Hall–Kier alpha value is -3.36. The van der Waals surface area contributed by atoms with Crippen LogP contribution in [0.1, 0.15) is 76.8 Å². The third-order valence-corrected chi connectivity index (χ3v) is 8.49. The number of rotatable bonds is 11. The van der Waals surface area contributed by atoms with Crippen LogP contribution in [0.5, 0.6) is 0 Å². The molecular formula is C39H56N4. The van der Waals surface area contributed by atoms with Crippen LogP contribution in [-0.2, 0) is 13.0 Å². The number of nitrogens with two attached hydrogens (primary N) is 1. The predicted octanol–water partition coefficient (Wildman–Crippen LogP) is 8.80. The van der Waals surface area contributed by atoms with E-state index in [9.17, 15) is 0 Å². The molecule has 0 radical (unpaired) electrons. The monoisotopic (exact) mass is 580 g/mol. The van der Waals surface area contributed by atoms with E-state index < -0.39 is 0 Å². The first-order valence-corrected chi connectivity index (χ1v) is 16.1. The number of para-hydroxylation sites is 1. The van der Waals surface area contributed by atoms with Crippen LogP contribution in [0.15, 0.2) is 91.7 Å². The maximum Gasteiger partial charge on any atom is 0.0486 e. The van der Waals surface area contributed by atoms with Crippen LogP contribution < -0.4 is 11.3 Å². The van der Waals surface area contributed by atoms with Gasteiger partial charge in [-0.3, -0.25) is 16.2 Å². The molecule has 5 rings (SSSR count). The van der Waals surface area contributed by atoms with Crippen molar-refractivity contribution < 1.29 is 0 Å². The summed E-state index contributed by atoms with van der Waals surface area (Å²) in [5, 5.41) is 1.33. The van der Waals surface area contributed by atoms with E-state index >= 15 is 0 Å². The first-order chi connectivity index (χ1) is 21.1. The Morgan fingerprint density at radius 1 is 0.930 bits per heavy atom. The first-order valence-electron chi connectivity index (χ1n) is 16.1. The molecule has 3 N–H and O–H groups in total. The zero-order valence-corrected chi connectivity index (χ0v) is 27.0. The number of nitrogens with zero attached hydrogens (tertiary/aromatic N) is 2. The lowest BCUT2D eigenvalue weighted by Crippen LogP contribution is -2.43. The smallest absolute Gasteiger partial charge is 0.0486 e. The molecular weight excluding hydrogens is 524 g/mol. The second-order valence-electron chi connectivity index (χ2n) is 11.3. The quantitative estimate of drug-likeness (QED) is 0.103. The maximum absolute atomic E-state index is 4.97. The molecule has 232 valence electrons. The van der Waals surface area contributed by atoms with E-state index in [0.29, 0.717) is 0 Å². The third kappa shape index (κ3) is 11.7. The fourth-order valence-electron chi connectivity index (χ4n) is 6.37. The first kappa shape index (κ1) is 35.8. The zero-order valence-electron chi connectivity index (χ0n) is 27.0. The number of hydrogen-bond donors (Lipinski definition) is 2. The summed E-state index contributed by atoms with van der Waals surface area (Å²) in [7, 11) is 0. The molecule has 1 aromatic heterocycles. The van der Waals surface area contributed by atoms with Crippen molar-refractivity contribution in [3.05, 3.63) is 103 Å². The third-order valence-electron chi connectivity index (χ3n) is 8.49. The van der Waals surface area contributed by atoms with Crippen molar-refractivity contribution in [3.63, 3.8) is 0 Å². The number of piperidine rings is 1. The molecule has 3 heterocycles. The molecule has 4 heteroatoms. The predicted molar refractivity (Wildman–Crippen MR) is 190 cm³/mol. The molecule has 3 aromatic rings. The summed E-state index contributed by atoms with van der Waals surface area (Å²) in [6.45, 7) is 13.2. The minimum atomic E-state index is 0.772. The summed E-state index contributed by atoms with van der Waals surface area (Å²) >= 11 is 0. The molecule has 2 aromatic carbocycles. The van der Waals surface area contributed by atoms with Gasteiger partial charge in [-0.05, 0) is 88.3 Å². The van der Waals surface area contributed by atoms with Crippen molar-refractivity contribution in [2.45, 2.75) is 90.8 Å². The lowest BCUT2D eigenvalue weighted by molar-refractivity contribution is 0.0978. The summed E-state index contributed by atoms with van der Waals surface area (Å²) < 4.78 is 2.43. The lowest BCUT2D eigenvalue weighted by Gasteiger charge is -2.39. The standard InChI is InChI=1S/C28H34N2.C5H12N2.C4H8.C2H2/c1-2-24-21-29(28-12-7-6-11-27(24)28)17-8-18-30-25-15-16-26(30)20-23(19-25)14-13-22-9-4-3-5-10-22;1-2-3-4-5-7-6;1-3-4-2;1-2/h2-7,9-12,21,23,25-26H,1,8,13-20H2;3-4,7H,2,5-6H2,1H3;3-4H,1-2H3;1-2H/b;4-3+;4-3-;. The van der Waals surface area contributed by atoms with E-state index in [1.165, 1.54) is 73.5 Å². The summed E-state index contributed by atoms with van der Waals surface area (Å²) in [5.41, 5.74) is 6.62. The van der Waals surface area contributed by atoms with Gasteiger partial charge in [0.1, 0.15) is 0 Å². The summed E-state index contributed by atoms with van der Waals surface area (Å²) in [4.78, 5) is 2.86. The minimum Gasteiger partial charge on any atom is -0.347 e. The molecule has 2 aliphatic rings. The van der Waals surface area contributed by atoms with Gasteiger partial charge in [0.2, 0.25) is 0 Å². The number of hydrogen-bond acceptors (Lipinski definition) is 3. The van der Waals surface area contributed by atoms with E-state index in [2.05, 4.69) is 108 Å². The van der Waals surface area contributed by atoms with Crippen molar-refractivity contribution in [1.29, 1.82) is 0 Å². The molecule has 0 saturated carbocycles. The van der Waals surface area contributed by atoms with Crippen molar-refractivity contribution in [2.75, 3.05) is 13.1 Å². The van der Waals surface area contributed by atoms with Gasteiger partial charge in [0.25, 0.3) is 0 Å². The van der Waals surface area contributed by atoms with Gasteiger partial charge in [-0.15, -0.1) is 12.8 Å². The second kappa shape index (κ2) is 21.3. The minimum absolute atomic E-state index is 0.772. The van der Waals surface area contributed by atoms with Gasteiger partial charge in [-0.1, -0.05) is 92.4 Å². The number of aryl methyl sites for hydroxylation is 2. The summed E-state index contributed by atoms with van der Waals surface area (Å²) in [6.07, 6.45) is 30.9. The van der Waals surface area contributed by atoms with Crippen LogP contribution in [-0.4, -0.2) is 34.6 Å². The van der Waals surface area contributed by atoms with Crippen LogP contribution in [0.4, 0.5) is 0 Å². The Kier molecular flexibility index (Phi) is 17.8. The maximum atomic E-state index is 4.97. The van der Waals surface area contributed by atoms with Crippen molar-refractivity contribution in [2.24, 2.45) is 11.8 Å². The number of fused-ring (bicyclic) bond motifs is 3. The highest BCUT2D eigenvalue weighted by Gasteiger charge is 2.39. The summed E-state index contributed by atoms with van der Waals surface area (Å²) in [6, 6.07) is 21.4. The Balaban J connectivity index is 0.000000423. The highest BCUT2D eigenvalue weighted by Crippen LogP contribution is 2.40. The average Bonchev–Trinajstić information content (AvgIpc) is 3.54. The molecule has 0 amide bonds. The zero-order chi connectivity index (χ0) is 31.3. The van der Waals surface area contributed by atoms with Crippen molar-refractivity contribution in [3.8, 4) is 12.8 Å². The van der Waals surface area contributed by atoms with Crippen molar-refractivity contribution >= 4 is 17.0 Å². The Morgan fingerprint density at radius 2 is 1.58 bits per heavy atom. The topological polar surface area (TPSA) is 46.2 Å². The van der Waals surface area contributed by atoms with Gasteiger partial charge in [0, 0.05) is 48.8 Å². The van der Waals surface area contributed by atoms with E-state index in [1.807, 2.05) is 38.2 Å². The van der Waals surface area contributed by atoms with Gasteiger partial charge in [0.05, 0.1) is 0 Å². The van der Waals surface area contributed by atoms with Crippen LogP contribution in [0.3, 0.4) is 0 Å². The normalized spacial score (nSPS) is 19.3. The highest BCUT2D eigenvalue weighted by atomic mass is 15.2. The Morgan fingerprint density at radius 3 is 2.19 bits per heavy atom. The van der Waals surface area contributed by atoms with E-state index in [0.717, 1.165) is 37.5 Å². The number of nitrogens with one attached hydrogen (secondary N) is 1. The molecule has 2 saturated heterocycles. The molecule has 2 aliphatic heterocycles. The van der Waals surface area contributed by atoms with Crippen LogP contribution in [0.25, 0.3) is 17.0 Å². The van der Waals surface area contributed by atoms with Crippen LogP contribution in [0.2, 0.25) is 0 Å². The molecule has 2 fully saturated rings. The van der Waals surface area contributed by atoms with Gasteiger partial charge >= 0.3 is 0 Å². The van der Waals surface area contributed by atoms with Gasteiger partial charge in [-0.2, -0.15) is 0 Å². The van der Waals surface area contributed by atoms with Gasteiger partial charge in [-0.25, -0.2) is 0 Å². The largest absolute Gasteiger partial charge is 0.347 e. The van der Waals surface area contributed by atoms with E-state index in [-0.39, 0.29) is 0 Å². The Bertz CT molecular complexity index is 1220. The summed E-state index contributed by atoms with van der Waals surface area (Å²) in [5.74, 6) is 5.89. The van der Waals surface area contributed by atoms with Gasteiger partial charge < -0.3 is 4.57 Å². The van der Waals surface area contributed by atoms with E-state index in [4.69, 9.17) is 5.84 Å². The molecule has 2 bridgehead atoms. The number of hydrazine groups is 1. The number of benzene rings is 2. The number of allylic oxidation sites excluding steroid dienone is 3. The average molecular weight is 581 g/mol. The number of terminal acetylenes is 1. The molecule has 2 unspecified atom stereocenters. The molecule has 2 atom stereocenters. The molecule has 0 spiro atoms. The number of aromatic nitrogens is 1. The second-order valence-corrected chi connectivity index (χ2v) is 11.3. The highest BCUT2D eigenvalue weighted by molar-refractivity contribution is 5.89. The fourth-order valence-corrected chi connectivity index (χ4v) is 6.37. The van der Waals surface area contributed by atoms with Crippen molar-refractivity contribution in [1.82, 2.24) is 14.9 Å². The van der Waals surface area contributed by atoms with E-state index in [1.54, 1.807) is 0 Å².